The third-order valence-corrected chi connectivity index (χ3v) is 2.15. The Labute approximate surface area is 108 Å². The van der Waals surface area contributed by atoms with Crippen molar-refractivity contribution in [2.75, 3.05) is 5.32 Å². The van der Waals surface area contributed by atoms with Crippen LogP contribution in [0, 0.1) is 0 Å². The van der Waals surface area contributed by atoms with Crippen LogP contribution >= 0.6 is 0 Å². The van der Waals surface area contributed by atoms with Crippen molar-refractivity contribution in [2.24, 2.45) is 0 Å². The van der Waals surface area contributed by atoms with Gasteiger partial charge in [0.25, 0.3) is 5.91 Å². The predicted molar refractivity (Wildman–Crippen MR) is 67.6 cm³/mol. The highest BCUT2D eigenvalue weighted by Gasteiger charge is 2.09. The fraction of sp³-hybridized carbons (Fsp3) is 0. The third kappa shape index (κ3) is 3.53. The summed E-state index contributed by atoms with van der Waals surface area (Å²) in [6.45, 7) is 0. The van der Waals surface area contributed by atoms with Crippen LogP contribution in [0.1, 0.15) is 16.2 Å². The van der Waals surface area contributed by atoms with Gasteiger partial charge in [0.1, 0.15) is 5.82 Å². The fourth-order valence-corrected chi connectivity index (χ4v) is 1.36. The van der Waals surface area contributed by atoms with Crippen LogP contribution in [-0.2, 0) is 4.79 Å². The number of anilines is 1. The Morgan fingerprint density at radius 3 is 2.79 bits per heavy atom. The summed E-state index contributed by atoms with van der Waals surface area (Å²) in [5.74, 6) is -0.995. The molecule has 0 atom stereocenters. The second-order valence-electron chi connectivity index (χ2n) is 3.55. The number of rotatable bonds is 4. The quantitative estimate of drug-likeness (QED) is 0.818. The molecule has 96 valence electrons. The number of amides is 1. The van der Waals surface area contributed by atoms with Crippen molar-refractivity contribution in [3.63, 3.8) is 0 Å². The summed E-state index contributed by atoms with van der Waals surface area (Å²) in [6, 6.07) is 8.02. The summed E-state index contributed by atoms with van der Waals surface area (Å²) in [7, 11) is 0. The standard InChI is InChI=1S/C13H10N2O4/c16-12(17)7-6-9-3-1-5-11(14-9)15-13(18)10-4-2-8-19-10/h1-8H,(H,16,17)(H,14,15,18)/b7-6+. The number of hydrogen-bond acceptors (Lipinski definition) is 4. The molecule has 1 amide bonds. The largest absolute Gasteiger partial charge is 0.478 e. The number of nitrogens with zero attached hydrogens (tertiary/aromatic N) is 1. The average molecular weight is 258 g/mol. The number of carboxylic acid groups (broad SMARTS) is 1. The van der Waals surface area contributed by atoms with Crippen LogP contribution in [0.15, 0.2) is 47.1 Å². The van der Waals surface area contributed by atoms with Crippen molar-refractivity contribution in [2.45, 2.75) is 0 Å². The number of carboxylic acids is 1. The number of aromatic nitrogens is 1. The molecule has 0 spiro atoms. The van der Waals surface area contributed by atoms with Gasteiger partial charge in [0.15, 0.2) is 5.76 Å². The zero-order valence-electron chi connectivity index (χ0n) is 9.74. The topological polar surface area (TPSA) is 92.4 Å². The van der Waals surface area contributed by atoms with Gasteiger partial charge >= 0.3 is 5.97 Å². The Morgan fingerprint density at radius 2 is 2.11 bits per heavy atom. The summed E-state index contributed by atoms with van der Waals surface area (Å²) < 4.78 is 4.95. The number of nitrogens with one attached hydrogen (secondary N) is 1. The Kier molecular flexibility index (Phi) is 3.72. The zero-order valence-corrected chi connectivity index (χ0v) is 9.74. The first kappa shape index (κ1) is 12.6. The normalized spacial score (nSPS) is 10.5. The van der Waals surface area contributed by atoms with Gasteiger partial charge in [0, 0.05) is 6.08 Å². The Hall–Kier alpha value is -2.89. The van der Waals surface area contributed by atoms with Crippen molar-refractivity contribution < 1.29 is 19.1 Å². The molecule has 19 heavy (non-hydrogen) atoms. The van der Waals surface area contributed by atoms with E-state index in [4.69, 9.17) is 9.52 Å². The number of furan rings is 1. The minimum Gasteiger partial charge on any atom is -0.478 e. The lowest BCUT2D eigenvalue weighted by molar-refractivity contribution is -0.131. The second-order valence-corrected chi connectivity index (χ2v) is 3.55. The number of hydrogen-bond donors (Lipinski definition) is 2. The van der Waals surface area contributed by atoms with Crippen LogP contribution < -0.4 is 5.32 Å². The van der Waals surface area contributed by atoms with E-state index in [0.29, 0.717) is 11.5 Å². The maximum Gasteiger partial charge on any atom is 0.328 e. The molecular formula is C13H10N2O4. The number of carbonyl (C=O) groups is 2. The Balaban J connectivity index is 2.11. The van der Waals surface area contributed by atoms with Crippen LogP contribution in [0.2, 0.25) is 0 Å². The van der Waals surface area contributed by atoms with Gasteiger partial charge in [0.2, 0.25) is 0 Å². The van der Waals surface area contributed by atoms with E-state index in [2.05, 4.69) is 10.3 Å². The zero-order chi connectivity index (χ0) is 13.7. The van der Waals surface area contributed by atoms with Gasteiger partial charge in [-0.25, -0.2) is 9.78 Å². The minimum atomic E-state index is -1.06. The Bertz CT molecular complexity index is 617. The van der Waals surface area contributed by atoms with Crippen LogP contribution in [0.4, 0.5) is 5.82 Å². The molecule has 0 aliphatic rings. The van der Waals surface area contributed by atoms with E-state index in [1.165, 1.54) is 18.4 Å². The number of pyridine rings is 1. The van der Waals surface area contributed by atoms with Crippen molar-refractivity contribution >= 4 is 23.8 Å². The number of carbonyl (C=O) groups excluding carboxylic acids is 1. The summed E-state index contributed by atoms with van der Waals surface area (Å²) in [6.07, 6.45) is 3.71. The summed E-state index contributed by atoms with van der Waals surface area (Å²) >= 11 is 0. The van der Waals surface area contributed by atoms with E-state index in [-0.39, 0.29) is 5.76 Å². The molecule has 6 nitrogen and oxygen atoms in total. The second kappa shape index (κ2) is 5.63. The molecule has 0 saturated carbocycles. The molecule has 0 aromatic carbocycles. The van der Waals surface area contributed by atoms with Crippen LogP contribution in [-0.4, -0.2) is 22.0 Å². The molecule has 0 bridgehead atoms. The monoisotopic (exact) mass is 258 g/mol. The highest BCUT2D eigenvalue weighted by Crippen LogP contribution is 2.09. The first-order chi connectivity index (χ1) is 9.15. The van der Waals surface area contributed by atoms with Gasteiger partial charge in [-0.2, -0.15) is 0 Å². The van der Waals surface area contributed by atoms with Gasteiger partial charge in [-0.3, -0.25) is 4.79 Å². The lowest BCUT2D eigenvalue weighted by Gasteiger charge is -2.02. The van der Waals surface area contributed by atoms with E-state index in [1.54, 1.807) is 24.3 Å². The van der Waals surface area contributed by atoms with Gasteiger partial charge < -0.3 is 14.8 Å². The molecule has 0 radical (unpaired) electrons. The highest BCUT2D eigenvalue weighted by molar-refractivity contribution is 6.01. The molecule has 2 N–H and O–H groups in total. The molecule has 0 aliphatic heterocycles. The molecule has 0 aliphatic carbocycles. The molecule has 6 heteroatoms. The smallest absolute Gasteiger partial charge is 0.328 e. The van der Waals surface area contributed by atoms with Crippen molar-refractivity contribution in [3.05, 3.63) is 54.1 Å². The Morgan fingerprint density at radius 1 is 1.26 bits per heavy atom. The summed E-state index contributed by atoms with van der Waals surface area (Å²) in [5, 5.41) is 11.1. The van der Waals surface area contributed by atoms with E-state index in [1.807, 2.05) is 0 Å². The van der Waals surface area contributed by atoms with Crippen molar-refractivity contribution in [1.82, 2.24) is 4.98 Å². The van der Waals surface area contributed by atoms with E-state index in [0.717, 1.165) is 6.08 Å². The molecule has 0 saturated heterocycles. The van der Waals surface area contributed by atoms with E-state index in [9.17, 15) is 9.59 Å². The SMILES string of the molecule is O=C(O)/C=C/c1cccc(NC(=O)c2ccco2)n1. The first-order valence-electron chi connectivity index (χ1n) is 5.38. The lowest BCUT2D eigenvalue weighted by atomic mass is 10.3. The van der Waals surface area contributed by atoms with Crippen molar-refractivity contribution in [3.8, 4) is 0 Å². The average Bonchev–Trinajstić information content (AvgIpc) is 2.91. The maximum atomic E-state index is 11.7. The van der Waals surface area contributed by atoms with E-state index < -0.39 is 11.9 Å². The molecule has 0 unspecified atom stereocenters. The number of aliphatic carboxylic acids is 1. The highest BCUT2D eigenvalue weighted by atomic mass is 16.4. The van der Waals surface area contributed by atoms with Crippen LogP contribution in [0.25, 0.3) is 6.08 Å². The summed E-state index contributed by atoms with van der Waals surface area (Å²) in [4.78, 5) is 26.2. The maximum absolute atomic E-state index is 11.7. The summed E-state index contributed by atoms with van der Waals surface area (Å²) in [5.41, 5.74) is 0.430. The van der Waals surface area contributed by atoms with Crippen LogP contribution in [0.3, 0.4) is 0 Å². The lowest BCUT2D eigenvalue weighted by Crippen LogP contribution is -2.12. The molecule has 2 rings (SSSR count). The molecule has 2 aromatic heterocycles. The molecule has 2 aromatic rings. The van der Waals surface area contributed by atoms with Crippen molar-refractivity contribution in [1.29, 1.82) is 0 Å². The third-order valence-electron chi connectivity index (χ3n) is 2.15. The van der Waals surface area contributed by atoms with Gasteiger partial charge in [-0.15, -0.1) is 0 Å². The predicted octanol–water partition coefficient (Wildman–Crippen LogP) is 2.02. The molecule has 0 fully saturated rings. The van der Waals surface area contributed by atoms with E-state index >= 15 is 0 Å². The van der Waals surface area contributed by atoms with Gasteiger partial charge in [-0.05, 0) is 30.3 Å². The minimum absolute atomic E-state index is 0.174. The van der Waals surface area contributed by atoms with Gasteiger partial charge in [0.05, 0.1) is 12.0 Å². The van der Waals surface area contributed by atoms with Gasteiger partial charge in [-0.1, -0.05) is 6.07 Å². The first-order valence-corrected chi connectivity index (χ1v) is 5.38. The molecule has 2 heterocycles. The van der Waals surface area contributed by atoms with Crippen LogP contribution in [0.5, 0.6) is 0 Å². The molecular weight excluding hydrogens is 248 g/mol. The fourth-order valence-electron chi connectivity index (χ4n) is 1.36.